The standard InChI is InChI=1S/C30H28FN2P/c1-2-3-20-33-29-19-14-23(21-28(29)32-30(33)24-15-17-25(31)18-16-24)22-34(26-10-6-4-7-11-26)27-12-8-5-9-13-27/h4-19,21H,2-3,20,22H2,1H3. The Bertz CT molecular complexity index is 1320. The number of halogens is 1. The van der Waals surface area contributed by atoms with Gasteiger partial charge in [-0.2, -0.15) is 0 Å². The Hall–Kier alpha value is -3.29. The van der Waals surface area contributed by atoms with Gasteiger partial charge in [0.25, 0.3) is 0 Å². The van der Waals surface area contributed by atoms with Crippen LogP contribution in [0.1, 0.15) is 25.3 Å². The van der Waals surface area contributed by atoms with Crippen molar-refractivity contribution in [1.29, 1.82) is 0 Å². The Labute approximate surface area is 201 Å². The van der Waals surface area contributed by atoms with Crippen LogP contribution in [0.15, 0.2) is 103 Å². The molecule has 2 nitrogen and oxygen atoms in total. The van der Waals surface area contributed by atoms with Crippen LogP contribution in [0.3, 0.4) is 0 Å². The van der Waals surface area contributed by atoms with Gasteiger partial charge in [-0.15, -0.1) is 0 Å². The number of fused-ring (bicyclic) bond motifs is 1. The van der Waals surface area contributed by atoms with Crippen molar-refractivity contribution in [1.82, 2.24) is 9.55 Å². The van der Waals surface area contributed by atoms with Gasteiger partial charge < -0.3 is 4.57 Å². The van der Waals surface area contributed by atoms with Gasteiger partial charge >= 0.3 is 0 Å². The van der Waals surface area contributed by atoms with Gasteiger partial charge in [0, 0.05) is 18.3 Å². The van der Waals surface area contributed by atoms with E-state index in [1.165, 1.54) is 28.3 Å². The zero-order chi connectivity index (χ0) is 23.3. The molecule has 5 aromatic rings. The fourth-order valence-electron chi connectivity index (χ4n) is 4.37. The van der Waals surface area contributed by atoms with Crippen LogP contribution in [0.5, 0.6) is 0 Å². The highest BCUT2D eigenvalue weighted by Crippen LogP contribution is 2.38. The molecule has 0 aliphatic rings. The van der Waals surface area contributed by atoms with Crippen LogP contribution in [-0.4, -0.2) is 9.55 Å². The molecule has 0 fully saturated rings. The van der Waals surface area contributed by atoms with E-state index in [2.05, 4.69) is 90.4 Å². The van der Waals surface area contributed by atoms with Crippen LogP contribution in [0.25, 0.3) is 22.4 Å². The summed E-state index contributed by atoms with van der Waals surface area (Å²) in [5.74, 6) is 0.686. The second-order valence-electron chi connectivity index (χ2n) is 8.53. The summed E-state index contributed by atoms with van der Waals surface area (Å²) in [5, 5.41) is 2.76. The van der Waals surface area contributed by atoms with E-state index in [0.717, 1.165) is 48.0 Å². The molecule has 5 rings (SSSR count). The summed E-state index contributed by atoms with van der Waals surface area (Å²) in [6.45, 7) is 3.10. The van der Waals surface area contributed by atoms with E-state index in [1.54, 1.807) is 0 Å². The van der Waals surface area contributed by atoms with Crippen molar-refractivity contribution in [2.45, 2.75) is 32.5 Å². The highest BCUT2D eigenvalue weighted by Gasteiger charge is 2.17. The first kappa shape index (κ1) is 22.5. The molecule has 0 saturated carbocycles. The molecule has 4 aromatic carbocycles. The van der Waals surface area contributed by atoms with E-state index in [0.29, 0.717) is 0 Å². The third kappa shape index (κ3) is 4.81. The molecule has 0 aliphatic heterocycles. The van der Waals surface area contributed by atoms with Gasteiger partial charge in [-0.25, -0.2) is 9.37 Å². The van der Waals surface area contributed by atoms with Crippen molar-refractivity contribution in [2.24, 2.45) is 0 Å². The second-order valence-corrected chi connectivity index (χ2v) is 10.7. The van der Waals surface area contributed by atoms with Crippen LogP contribution >= 0.6 is 7.92 Å². The number of benzene rings is 4. The quantitative estimate of drug-likeness (QED) is 0.220. The first-order chi connectivity index (χ1) is 16.7. The lowest BCUT2D eigenvalue weighted by molar-refractivity contribution is 0.627. The molecule has 0 radical (unpaired) electrons. The molecule has 1 heterocycles. The molecule has 0 saturated heterocycles. The molecule has 0 bridgehead atoms. The Kier molecular flexibility index (Phi) is 6.83. The Morgan fingerprint density at radius 1 is 0.794 bits per heavy atom. The monoisotopic (exact) mass is 466 g/mol. The van der Waals surface area contributed by atoms with Crippen LogP contribution in [0.2, 0.25) is 0 Å². The van der Waals surface area contributed by atoms with E-state index in [4.69, 9.17) is 4.98 Å². The summed E-state index contributed by atoms with van der Waals surface area (Å²) in [5.41, 5.74) is 4.38. The number of hydrogen-bond acceptors (Lipinski definition) is 1. The van der Waals surface area contributed by atoms with Gasteiger partial charge in [0.15, 0.2) is 0 Å². The fraction of sp³-hybridized carbons (Fsp3) is 0.167. The summed E-state index contributed by atoms with van der Waals surface area (Å²) in [4.78, 5) is 5.03. The lowest BCUT2D eigenvalue weighted by Crippen LogP contribution is -2.12. The summed E-state index contributed by atoms with van der Waals surface area (Å²) < 4.78 is 15.8. The van der Waals surface area contributed by atoms with Crippen molar-refractivity contribution in [3.63, 3.8) is 0 Å². The number of aromatic nitrogens is 2. The molecule has 1 aromatic heterocycles. The molecule has 4 heteroatoms. The molecule has 170 valence electrons. The minimum atomic E-state index is -0.517. The number of imidazole rings is 1. The van der Waals surface area contributed by atoms with Gasteiger partial charge in [-0.3, -0.25) is 0 Å². The third-order valence-corrected chi connectivity index (χ3v) is 8.65. The maximum absolute atomic E-state index is 13.5. The number of unbranched alkanes of at least 4 members (excludes halogenated alkanes) is 1. The largest absolute Gasteiger partial charge is 0.324 e. The molecular formula is C30H28FN2P. The SMILES string of the molecule is CCCCn1c(-c2ccc(F)cc2)nc2cc(CP(c3ccccc3)c3ccccc3)ccc21. The Balaban J connectivity index is 1.55. The third-order valence-electron chi connectivity index (χ3n) is 6.13. The molecule has 0 N–H and O–H groups in total. The number of nitrogens with zero attached hydrogens (tertiary/aromatic N) is 2. The van der Waals surface area contributed by atoms with Crippen molar-refractivity contribution >= 4 is 29.6 Å². The fourth-order valence-corrected chi connectivity index (χ4v) is 6.65. The average Bonchev–Trinajstić information content (AvgIpc) is 3.25. The minimum absolute atomic E-state index is 0.225. The van der Waals surface area contributed by atoms with Crippen molar-refractivity contribution in [3.05, 3.63) is 115 Å². The summed E-state index contributed by atoms with van der Waals surface area (Å²) >= 11 is 0. The number of aryl methyl sites for hydroxylation is 1. The van der Waals surface area contributed by atoms with E-state index in [-0.39, 0.29) is 5.82 Å². The summed E-state index contributed by atoms with van der Waals surface area (Å²) in [6.07, 6.45) is 3.15. The normalized spacial score (nSPS) is 11.4. The first-order valence-corrected chi connectivity index (χ1v) is 13.4. The number of hydrogen-bond donors (Lipinski definition) is 0. The zero-order valence-electron chi connectivity index (χ0n) is 19.4. The molecule has 0 aliphatic carbocycles. The average molecular weight is 467 g/mol. The molecule has 34 heavy (non-hydrogen) atoms. The smallest absolute Gasteiger partial charge is 0.141 e. The Morgan fingerprint density at radius 3 is 2.06 bits per heavy atom. The van der Waals surface area contributed by atoms with Crippen LogP contribution in [-0.2, 0) is 12.7 Å². The van der Waals surface area contributed by atoms with Gasteiger partial charge in [0.1, 0.15) is 11.6 Å². The minimum Gasteiger partial charge on any atom is -0.324 e. The van der Waals surface area contributed by atoms with Crippen molar-refractivity contribution < 1.29 is 4.39 Å². The predicted octanol–water partition coefficient (Wildman–Crippen LogP) is 7.28. The first-order valence-electron chi connectivity index (χ1n) is 11.9. The van der Waals surface area contributed by atoms with Crippen LogP contribution in [0, 0.1) is 5.82 Å². The number of rotatable bonds is 8. The van der Waals surface area contributed by atoms with E-state index < -0.39 is 7.92 Å². The van der Waals surface area contributed by atoms with Crippen molar-refractivity contribution in [3.8, 4) is 11.4 Å². The van der Waals surface area contributed by atoms with Crippen molar-refractivity contribution in [2.75, 3.05) is 0 Å². The summed E-state index contributed by atoms with van der Waals surface area (Å²) in [7, 11) is -0.517. The summed E-state index contributed by atoms with van der Waals surface area (Å²) in [6, 6.07) is 35.0. The molecule has 0 spiro atoms. The maximum atomic E-state index is 13.5. The van der Waals surface area contributed by atoms with E-state index >= 15 is 0 Å². The topological polar surface area (TPSA) is 17.8 Å². The lowest BCUT2D eigenvalue weighted by atomic mass is 10.2. The van der Waals surface area contributed by atoms with Gasteiger partial charge in [-0.05, 0) is 66.9 Å². The lowest BCUT2D eigenvalue weighted by Gasteiger charge is -2.19. The van der Waals surface area contributed by atoms with Crippen LogP contribution in [0.4, 0.5) is 4.39 Å². The van der Waals surface area contributed by atoms with E-state index in [1.807, 2.05) is 12.1 Å². The zero-order valence-corrected chi connectivity index (χ0v) is 20.3. The van der Waals surface area contributed by atoms with Crippen LogP contribution < -0.4 is 10.6 Å². The highest BCUT2D eigenvalue weighted by atomic mass is 31.1. The highest BCUT2D eigenvalue weighted by molar-refractivity contribution is 7.72. The van der Waals surface area contributed by atoms with E-state index in [9.17, 15) is 4.39 Å². The van der Waals surface area contributed by atoms with Gasteiger partial charge in [0.05, 0.1) is 11.0 Å². The molecule has 0 atom stereocenters. The second kappa shape index (κ2) is 10.3. The molecular weight excluding hydrogens is 438 g/mol. The molecule has 0 unspecified atom stereocenters. The predicted molar refractivity (Wildman–Crippen MR) is 143 cm³/mol. The Morgan fingerprint density at radius 2 is 1.44 bits per heavy atom. The van der Waals surface area contributed by atoms with Gasteiger partial charge in [0.2, 0.25) is 0 Å². The van der Waals surface area contributed by atoms with Gasteiger partial charge in [-0.1, -0.05) is 80.1 Å². The molecule has 0 amide bonds. The maximum Gasteiger partial charge on any atom is 0.141 e.